The van der Waals surface area contributed by atoms with Crippen LogP contribution in [-0.4, -0.2) is 46.4 Å². The number of nitrogens with zero attached hydrogens (tertiary/aromatic N) is 3. The topological polar surface area (TPSA) is 50.5 Å². The first-order valence-corrected chi connectivity index (χ1v) is 10.7. The van der Waals surface area contributed by atoms with Gasteiger partial charge in [0.25, 0.3) is 0 Å². The van der Waals surface area contributed by atoms with Crippen molar-refractivity contribution >= 4 is 11.6 Å². The van der Waals surface area contributed by atoms with Gasteiger partial charge in [-0.05, 0) is 79.7 Å². The summed E-state index contributed by atoms with van der Waals surface area (Å²) < 4.78 is 7.37. The molecule has 0 unspecified atom stereocenters. The molecule has 1 N–H and O–H groups in total. The van der Waals surface area contributed by atoms with Crippen LogP contribution in [-0.2, 0) is 13.0 Å². The predicted octanol–water partition coefficient (Wildman–Crippen LogP) is 4.35. The van der Waals surface area contributed by atoms with Gasteiger partial charge in [-0.15, -0.1) is 0 Å². The van der Waals surface area contributed by atoms with Crippen molar-refractivity contribution < 1.29 is 9.84 Å². The number of rotatable bonds is 7. The smallest absolute Gasteiger partial charge is 0.136 e. The molecule has 0 aliphatic carbocycles. The largest absolute Gasteiger partial charge is 0.497 e. The molecule has 0 amide bonds. The monoisotopic (exact) mass is 425 g/mol. The van der Waals surface area contributed by atoms with E-state index in [1.807, 2.05) is 30.5 Å². The second-order valence-corrected chi connectivity index (χ2v) is 8.60. The standard InChI is InChI=1S/C24H28ClN3O2/c1-30-22-7-4-19(5-8-22)15-24(18-29)10-13-27(14-11-24)17-21-3-2-12-28(21)23-9-6-20(25)16-26-23/h2-9,12,16,29H,10-11,13-15,17-18H2,1H3. The summed E-state index contributed by atoms with van der Waals surface area (Å²) in [5, 5.41) is 10.8. The summed E-state index contributed by atoms with van der Waals surface area (Å²) in [6.07, 6.45) is 6.57. The Morgan fingerprint density at radius 3 is 2.50 bits per heavy atom. The van der Waals surface area contributed by atoms with E-state index in [1.165, 1.54) is 11.3 Å². The first-order chi connectivity index (χ1) is 14.6. The second kappa shape index (κ2) is 9.21. The molecule has 0 bridgehead atoms. The third kappa shape index (κ3) is 4.69. The number of hydrogen-bond donors (Lipinski definition) is 1. The molecule has 0 atom stereocenters. The third-order valence-corrected chi connectivity index (χ3v) is 6.39. The molecule has 0 radical (unpaired) electrons. The summed E-state index contributed by atoms with van der Waals surface area (Å²) in [5.41, 5.74) is 2.41. The van der Waals surface area contributed by atoms with E-state index in [-0.39, 0.29) is 12.0 Å². The lowest BCUT2D eigenvalue weighted by atomic mass is 9.74. The zero-order chi connectivity index (χ0) is 21.0. The number of aliphatic hydroxyl groups is 1. The molecule has 1 aromatic carbocycles. The van der Waals surface area contributed by atoms with Gasteiger partial charge in [0.2, 0.25) is 0 Å². The molecule has 0 saturated carbocycles. The van der Waals surface area contributed by atoms with Crippen molar-refractivity contribution in [3.8, 4) is 11.6 Å². The van der Waals surface area contributed by atoms with Gasteiger partial charge in [0.1, 0.15) is 11.6 Å². The molecule has 158 valence electrons. The quantitative estimate of drug-likeness (QED) is 0.611. The molecule has 1 aliphatic heterocycles. The lowest BCUT2D eigenvalue weighted by Gasteiger charge is -2.41. The van der Waals surface area contributed by atoms with E-state index < -0.39 is 0 Å². The lowest BCUT2D eigenvalue weighted by Crippen LogP contribution is -2.43. The van der Waals surface area contributed by atoms with Gasteiger partial charge in [-0.3, -0.25) is 4.90 Å². The van der Waals surface area contributed by atoms with Crippen molar-refractivity contribution in [2.45, 2.75) is 25.8 Å². The number of halogens is 1. The van der Waals surface area contributed by atoms with Crippen LogP contribution in [0.2, 0.25) is 5.02 Å². The molecule has 1 saturated heterocycles. The Kier molecular flexibility index (Phi) is 6.42. The Morgan fingerprint density at radius 2 is 1.87 bits per heavy atom. The van der Waals surface area contributed by atoms with Crippen LogP contribution in [0.4, 0.5) is 0 Å². The average molecular weight is 426 g/mol. The summed E-state index contributed by atoms with van der Waals surface area (Å²) >= 11 is 5.98. The van der Waals surface area contributed by atoms with Gasteiger partial charge in [-0.25, -0.2) is 4.98 Å². The zero-order valence-electron chi connectivity index (χ0n) is 17.3. The number of pyridine rings is 1. The highest BCUT2D eigenvalue weighted by Crippen LogP contribution is 2.35. The number of piperidine rings is 1. The van der Waals surface area contributed by atoms with E-state index >= 15 is 0 Å². The number of benzene rings is 1. The number of aliphatic hydroxyl groups excluding tert-OH is 1. The SMILES string of the molecule is COc1ccc(CC2(CO)CCN(Cc3cccn3-c3ccc(Cl)cn3)CC2)cc1. The number of aromatic nitrogens is 2. The Bertz CT molecular complexity index is 945. The van der Waals surface area contributed by atoms with E-state index in [4.69, 9.17) is 16.3 Å². The minimum atomic E-state index is -0.0508. The van der Waals surface area contributed by atoms with Crippen LogP contribution in [0.1, 0.15) is 24.1 Å². The molecule has 1 aliphatic rings. The maximum absolute atomic E-state index is 10.2. The first kappa shape index (κ1) is 20.9. The first-order valence-electron chi connectivity index (χ1n) is 10.4. The molecule has 6 heteroatoms. The lowest BCUT2D eigenvalue weighted by molar-refractivity contribution is 0.0408. The van der Waals surface area contributed by atoms with Gasteiger partial charge >= 0.3 is 0 Å². The third-order valence-electron chi connectivity index (χ3n) is 6.17. The van der Waals surface area contributed by atoms with E-state index in [2.05, 4.69) is 38.7 Å². The fourth-order valence-corrected chi connectivity index (χ4v) is 4.37. The predicted molar refractivity (Wildman–Crippen MR) is 119 cm³/mol. The van der Waals surface area contributed by atoms with Crippen LogP contribution in [0.5, 0.6) is 5.75 Å². The summed E-state index contributed by atoms with van der Waals surface area (Å²) in [5.74, 6) is 1.74. The maximum atomic E-state index is 10.2. The highest BCUT2D eigenvalue weighted by Gasteiger charge is 2.34. The van der Waals surface area contributed by atoms with Crippen molar-refractivity contribution in [1.29, 1.82) is 0 Å². The normalized spacial score (nSPS) is 16.5. The highest BCUT2D eigenvalue weighted by molar-refractivity contribution is 6.30. The van der Waals surface area contributed by atoms with Crippen LogP contribution in [0.25, 0.3) is 5.82 Å². The fraction of sp³-hybridized carbons (Fsp3) is 0.375. The summed E-state index contributed by atoms with van der Waals surface area (Å²) in [6, 6.07) is 16.2. The summed E-state index contributed by atoms with van der Waals surface area (Å²) in [6.45, 7) is 3.02. The minimum absolute atomic E-state index is 0.0508. The van der Waals surface area contributed by atoms with E-state index in [1.54, 1.807) is 13.3 Å². The van der Waals surface area contributed by atoms with E-state index in [0.29, 0.717) is 5.02 Å². The van der Waals surface area contributed by atoms with Gasteiger partial charge < -0.3 is 14.4 Å². The minimum Gasteiger partial charge on any atom is -0.497 e. The van der Waals surface area contributed by atoms with Gasteiger partial charge in [0.05, 0.1) is 12.1 Å². The highest BCUT2D eigenvalue weighted by atomic mass is 35.5. The van der Waals surface area contributed by atoms with Gasteiger partial charge in [0, 0.05) is 31.2 Å². The van der Waals surface area contributed by atoms with Crippen LogP contribution >= 0.6 is 11.6 Å². The van der Waals surface area contributed by atoms with Crippen molar-refractivity contribution in [1.82, 2.24) is 14.5 Å². The van der Waals surface area contributed by atoms with Crippen molar-refractivity contribution in [2.24, 2.45) is 5.41 Å². The molecule has 3 heterocycles. The number of hydrogen-bond acceptors (Lipinski definition) is 4. The van der Waals surface area contributed by atoms with Crippen LogP contribution in [0, 0.1) is 5.41 Å². The molecule has 4 rings (SSSR count). The van der Waals surface area contributed by atoms with Crippen LogP contribution in [0.3, 0.4) is 0 Å². The number of ether oxygens (including phenoxy) is 1. The van der Waals surface area contributed by atoms with Gasteiger partial charge in [-0.1, -0.05) is 23.7 Å². The fourth-order valence-electron chi connectivity index (χ4n) is 4.26. The van der Waals surface area contributed by atoms with Crippen molar-refractivity contribution in [3.05, 3.63) is 77.2 Å². The summed E-state index contributed by atoms with van der Waals surface area (Å²) in [7, 11) is 1.68. The zero-order valence-corrected chi connectivity index (χ0v) is 18.1. The molecule has 2 aromatic heterocycles. The Labute approximate surface area is 182 Å². The van der Waals surface area contributed by atoms with Crippen LogP contribution < -0.4 is 4.74 Å². The maximum Gasteiger partial charge on any atom is 0.136 e. The molecule has 3 aromatic rings. The molecule has 5 nitrogen and oxygen atoms in total. The molecule has 1 fully saturated rings. The van der Waals surface area contributed by atoms with Gasteiger partial charge in [-0.2, -0.15) is 0 Å². The van der Waals surface area contributed by atoms with Gasteiger partial charge in [0.15, 0.2) is 0 Å². The number of likely N-dealkylation sites (tertiary alicyclic amines) is 1. The summed E-state index contributed by atoms with van der Waals surface area (Å²) in [4.78, 5) is 6.90. The Balaban J connectivity index is 1.39. The molecular formula is C24H28ClN3O2. The molecular weight excluding hydrogens is 398 g/mol. The van der Waals surface area contributed by atoms with E-state index in [9.17, 15) is 5.11 Å². The average Bonchev–Trinajstić information content (AvgIpc) is 3.24. The molecule has 0 spiro atoms. The van der Waals surface area contributed by atoms with Crippen molar-refractivity contribution in [3.63, 3.8) is 0 Å². The number of methoxy groups -OCH3 is 1. The van der Waals surface area contributed by atoms with Crippen LogP contribution in [0.15, 0.2) is 60.9 Å². The Hall–Kier alpha value is -2.34. The van der Waals surface area contributed by atoms with E-state index in [0.717, 1.165) is 50.5 Å². The Morgan fingerprint density at radius 1 is 1.10 bits per heavy atom. The van der Waals surface area contributed by atoms with Crippen molar-refractivity contribution in [2.75, 3.05) is 26.8 Å². The molecule has 30 heavy (non-hydrogen) atoms. The second-order valence-electron chi connectivity index (χ2n) is 8.16.